The van der Waals surface area contributed by atoms with Crippen molar-refractivity contribution in [1.29, 1.82) is 0 Å². The second-order valence-corrected chi connectivity index (χ2v) is 9.44. The molecule has 0 saturated carbocycles. The second kappa shape index (κ2) is 8.47. The first-order valence-corrected chi connectivity index (χ1v) is 10.4. The van der Waals surface area contributed by atoms with Crippen molar-refractivity contribution in [3.8, 4) is 24.3 Å². The van der Waals surface area contributed by atoms with Crippen LogP contribution in [0.4, 0.5) is 0 Å². The van der Waals surface area contributed by atoms with Crippen molar-refractivity contribution in [2.45, 2.75) is 57.8 Å². The third-order valence-electron chi connectivity index (χ3n) is 4.39. The molecule has 4 heteroatoms. The highest BCUT2D eigenvalue weighted by Gasteiger charge is 2.29. The molecule has 0 heterocycles. The maximum atomic E-state index is 13.2. The van der Waals surface area contributed by atoms with E-state index in [0.29, 0.717) is 6.42 Å². The molecule has 3 nitrogen and oxygen atoms in total. The third kappa shape index (κ3) is 5.41. The summed E-state index contributed by atoms with van der Waals surface area (Å²) in [6.07, 6.45) is 12.3. The van der Waals surface area contributed by atoms with Crippen molar-refractivity contribution in [1.82, 2.24) is 4.31 Å². The molecule has 1 aromatic rings. The molecule has 0 atom stereocenters. The number of allylic oxidation sites excluding steroid dienone is 2. The van der Waals surface area contributed by atoms with Crippen molar-refractivity contribution < 1.29 is 8.42 Å². The Kier molecular flexibility index (Phi) is 6.57. The van der Waals surface area contributed by atoms with E-state index in [4.69, 9.17) is 6.42 Å². The number of aryl methyl sites for hydroxylation is 1. The van der Waals surface area contributed by atoms with Crippen LogP contribution in [-0.2, 0) is 10.0 Å². The Hall–Kier alpha value is -2.17. The van der Waals surface area contributed by atoms with E-state index in [9.17, 15) is 8.42 Å². The lowest BCUT2D eigenvalue weighted by Gasteiger charge is -2.28. The lowest BCUT2D eigenvalue weighted by molar-refractivity contribution is 0.311. The van der Waals surface area contributed by atoms with Crippen LogP contribution in [0.3, 0.4) is 0 Å². The van der Waals surface area contributed by atoms with E-state index in [1.165, 1.54) is 10.7 Å². The topological polar surface area (TPSA) is 37.4 Å². The van der Waals surface area contributed by atoms with Crippen LogP contribution < -0.4 is 0 Å². The molecule has 0 bridgehead atoms. The number of terminal acetylenes is 1. The maximum Gasteiger partial charge on any atom is 0.271 e. The number of nitrogens with zero attached hydrogens (tertiary/aromatic N) is 1. The highest BCUT2D eigenvalue weighted by Crippen LogP contribution is 2.25. The molecule has 1 aromatic carbocycles. The van der Waals surface area contributed by atoms with Crippen LogP contribution in [0.1, 0.15) is 51.5 Å². The van der Waals surface area contributed by atoms with Gasteiger partial charge < -0.3 is 0 Å². The summed E-state index contributed by atoms with van der Waals surface area (Å²) in [5, 5.41) is 0. The van der Waals surface area contributed by atoms with Crippen molar-refractivity contribution in [2.24, 2.45) is 5.41 Å². The van der Waals surface area contributed by atoms with Crippen LogP contribution in [0.15, 0.2) is 40.8 Å². The summed E-state index contributed by atoms with van der Waals surface area (Å²) in [5.41, 5.74) is 1.68. The predicted molar refractivity (Wildman–Crippen MR) is 107 cm³/mol. The Morgan fingerprint density at radius 1 is 1.19 bits per heavy atom. The van der Waals surface area contributed by atoms with Gasteiger partial charge in [0.15, 0.2) is 0 Å². The summed E-state index contributed by atoms with van der Waals surface area (Å²) >= 11 is 0. The Morgan fingerprint density at radius 2 is 1.88 bits per heavy atom. The standard InChI is InChI=1S/C22H27NO2S/c1-5-16-22(3,4)18-23(17-15-20-9-7-6-8-10-20)26(24,25)21-13-11-19(2)12-14-21/h1,9,11-14H,6-8,10,16,18H2,2-4H3. The SMILES string of the molecule is C#CCC(C)(C)CN(C#CC1=CCCCC1)S(=O)(=O)c1ccc(C)cc1. The van der Waals surface area contributed by atoms with Crippen LogP contribution in [0.5, 0.6) is 0 Å². The third-order valence-corrected chi connectivity index (χ3v) is 6.06. The van der Waals surface area contributed by atoms with E-state index in [-0.39, 0.29) is 16.9 Å². The zero-order chi connectivity index (χ0) is 19.2. The van der Waals surface area contributed by atoms with E-state index in [0.717, 1.165) is 30.4 Å². The summed E-state index contributed by atoms with van der Waals surface area (Å²) in [6.45, 7) is 6.12. The molecule has 1 aliphatic carbocycles. The van der Waals surface area contributed by atoms with E-state index in [1.54, 1.807) is 24.3 Å². The predicted octanol–water partition coefficient (Wildman–Crippen LogP) is 4.50. The summed E-state index contributed by atoms with van der Waals surface area (Å²) < 4.78 is 27.6. The van der Waals surface area contributed by atoms with Crippen molar-refractivity contribution in [3.63, 3.8) is 0 Å². The van der Waals surface area contributed by atoms with Gasteiger partial charge in [0, 0.05) is 19.0 Å². The zero-order valence-electron chi connectivity index (χ0n) is 15.9. The van der Waals surface area contributed by atoms with Gasteiger partial charge >= 0.3 is 0 Å². The molecule has 2 rings (SSSR count). The van der Waals surface area contributed by atoms with Gasteiger partial charge in [0.05, 0.1) is 4.90 Å². The molecule has 1 aliphatic rings. The number of benzene rings is 1. The summed E-state index contributed by atoms with van der Waals surface area (Å²) in [7, 11) is -3.71. The fourth-order valence-corrected chi connectivity index (χ4v) is 4.25. The summed E-state index contributed by atoms with van der Waals surface area (Å²) in [6, 6.07) is 9.78. The molecular weight excluding hydrogens is 342 g/mol. The monoisotopic (exact) mass is 369 g/mol. The Morgan fingerprint density at radius 3 is 2.46 bits per heavy atom. The molecule has 0 unspecified atom stereocenters. The highest BCUT2D eigenvalue weighted by atomic mass is 32.2. The normalized spacial score (nSPS) is 14.6. The van der Waals surface area contributed by atoms with E-state index < -0.39 is 10.0 Å². The van der Waals surface area contributed by atoms with Crippen molar-refractivity contribution >= 4 is 10.0 Å². The molecular formula is C22H27NO2S. The molecule has 0 aliphatic heterocycles. The van der Waals surface area contributed by atoms with Crippen molar-refractivity contribution in [2.75, 3.05) is 6.54 Å². The van der Waals surface area contributed by atoms with Gasteiger partial charge in [-0.2, -0.15) is 0 Å². The smallest absolute Gasteiger partial charge is 0.224 e. The number of hydrogen-bond acceptors (Lipinski definition) is 2. The van der Waals surface area contributed by atoms with Gasteiger partial charge in [-0.15, -0.1) is 12.3 Å². The summed E-state index contributed by atoms with van der Waals surface area (Å²) in [4.78, 5) is 0.256. The molecule has 26 heavy (non-hydrogen) atoms. The first-order chi connectivity index (χ1) is 12.2. The first kappa shape index (κ1) is 20.1. The van der Waals surface area contributed by atoms with Gasteiger partial charge in [-0.25, -0.2) is 12.7 Å². The molecule has 0 saturated heterocycles. The Balaban J connectivity index is 2.39. The molecule has 0 fully saturated rings. The molecule has 0 spiro atoms. The Bertz CT molecular complexity index is 859. The molecule has 0 amide bonds. The number of rotatable bonds is 5. The highest BCUT2D eigenvalue weighted by molar-refractivity contribution is 7.89. The van der Waals surface area contributed by atoms with Crippen LogP contribution >= 0.6 is 0 Å². The average Bonchev–Trinajstić information content (AvgIpc) is 2.59. The first-order valence-electron chi connectivity index (χ1n) is 8.98. The van der Waals surface area contributed by atoms with Crippen molar-refractivity contribution in [3.05, 3.63) is 41.5 Å². The fourth-order valence-electron chi connectivity index (χ4n) is 2.83. The maximum absolute atomic E-state index is 13.2. The van der Waals surface area contributed by atoms with E-state index >= 15 is 0 Å². The largest absolute Gasteiger partial charge is 0.271 e. The molecule has 0 aromatic heterocycles. The van der Waals surface area contributed by atoms with Gasteiger partial charge in [0.25, 0.3) is 10.0 Å². The summed E-state index contributed by atoms with van der Waals surface area (Å²) in [5.74, 6) is 5.72. The average molecular weight is 370 g/mol. The molecule has 0 radical (unpaired) electrons. The van der Waals surface area contributed by atoms with Gasteiger partial charge in [-0.3, -0.25) is 0 Å². The van der Waals surface area contributed by atoms with E-state index in [2.05, 4.69) is 24.0 Å². The van der Waals surface area contributed by atoms with Gasteiger partial charge in [-0.1, -0.05) is 37.6 Å². The van der Waals surface area contributed by atoms with Gasteiger partial charge in [0.1, 0.15) is 0 Å². The lowest BCUT2D eigenvalue weighted by atomic mass is 9.90. The molecule has 138 valence electrons. The van der Waals surface area contributed by atoms with Crippen LogP contribution in [-0.4, -0.2) is 19.3 Å². The van der Waals surface area contributed by atoms with Crippen LogP contribution in [0.25, 0.3) is 0 Å². The minimum absolute atomic E-state index is 0.256. The fraction of sp³-hybridized carbons (Fsp3) is 0.455. The molecule has 0 N–H and O–H groups in total. The van der Waals surface area contributed by atoms with E-state index in [1.807, 2.05) is 20.8 Å². The van der Waals surface area contributed by atoms with Crippen LogP contribution in [0.2, 0.25) is 0 Å². The van der Waals surface area contributed by atoms with Gasteiger partial charge in [0.2, 0.25) is 0 Å². The minimum Gasteiger partial charge on any atom is -0.224 e. The number of sulfonamides is 1. The lowest BCUT2D eigenvalue weighted by Crippen LogP contribution is -2.35. The Labute approximate surface area is 158 Å². The van der Waals surface area contributed by atoms with Crippen LogP contribution in [0, 0.1) is 36.6 Å². The second-order valence-electron chi connectivity index (χ2n) is 7.58. The quantitative estimate of drug-likeness (QED) is 0.566. The minimum atomic E-state index is -3.71. The number of hydrogen-bond donors (Lipinski definition) is 0. The zero-order valence-corrected chi connectivity index (χ0v) is 16.7. The van der Waals surface area contributed by atoms with Gasteiger partial charge in [-0.05, 0) is 61.6 Å².